The highest BCUT2D eigenvalue weighted by molar-refractivity contribution is 4.96. The van der Waals surface area contributed by atoms with Gasteiger partial charge in [0.25, 0.3) is 0 Å². The van der Waals surface area contributed by atoms with Crippen LogP contribution >= 0.6 is 0 Å². The van der Waals surface area contributed by atoms with Gasteiger partial charge in [-0.05, 0) is 13.0 Å². The van der Waals surface area contributed by atoms with E-state index in [9.17, 15) is 0 Å². The fraction of sp³-hybridized carbons (Fsp3) is 0.700. The largest absolute Gasteiger partial charge is 0.314 e. The van der Waals surface area contributed by atoms with Gasteiger partial charge in [-0.3, -0.25) is 9.58 Å². The Morgan fingerprint density at radius 3 is 2.79 bits per heavy atom. The summed E-state index contributed by atoms with van der Waals surface area (Å²) in [4.78, 5) is 2.48. The summed E-state index contributed by atoms with van der Waals surface area (Å²) in [6.07, 6.45) is 1.87. The molecule has 0 atom stereocenters. The summed E-state index contributed by atoms with van der Waals surface area (Å²) in [6.45, 7) is 8.81. The van der Waals surface area contributed by atoms with E-state index in [4.69, 9.17) is 0 Å². The zero-order valence-electron chi connectivity index (χ0n) is 8.74. The van der Waals surface area contributed by atoms with Crippen molar-refractivity contribution in [3.8, 4) is 0 Å². The first-order valence-corrected chi connectivity index (χ1v) is 5.28. The molecule has 2 rings (SSSR count). The van der Waals surface area contributed by atoms with Gasteiger partial charge < -0.3 is 5.32 Å². The number of aromatic nitrogens is 2. The van der Waals surface area contributed by atoms with Gasteiger partial charge in [0.2, 0.25) is 0 Å². The zero-order valence-corrected chi connectivity index (χ0v) is 8.74. The number of piperazine rings is 1. The van der Waals surface area contributed by atoms with Crippen LogP contribution in [-0.2, 0) is 6.54 Å². The summed E-state index contributed by atoms with van der Waals surface area (Å²) >= 11 is 0. The molecule has 78 valence electrons. The topological polar surface area (TPSA) is 33.1 Å². The van der Waals surface area contributed by atoms with Gasteiger partial charge in [-0.15, -0.1) is 0 Å². The van der Waals surface area contributed by atoms with E-state index in [1.54, 1.807) is 0 Å². The van der Waals surface area contributed by atoms with E-state index in [2.05, 4.69) is 33.0 Å². The molecule has 0 spiro atoms. The molecule has 4 heteroatoms. The van der Waals surface area contributed by atoms with Crippen LogP contribution in [0.4, 0.5) is 0 Å². The molecule has 1 aromatic rings. The third kappa shape index (κ3) is 2.33. The minimum absolute atomic E-state index is 1.01. The van der Waals surface area contributed by atoms with Crippen molar-refractivity contribution < 1.29 is 0 Å². The molecule has 1 N–H and O–H groups in total. The number of nitrogens with one attached hydrogen (secondary N) is 1. The Kier molecular flexibility index (Phi) is 3.16. The SMILES string of the molecule is Cc1ccnn1CCN1CCNCC1. The van der Waals surface area contributed by atoms with E-state index >= 15 is 0 Å². The van der Waals surface area contributed by atoms with Crippen molar-refractivity contribution >= 4 is 0 Å². The molecule has 2 heterocycles. The second kappa shape index (κ2) is 4.57. The van der Waals surface area contributed by atoms with Crippen molar-refractivity contribution in [3.63, 3.8) is 0 Å². The molecule has 1 aromatic heterocycles. The lowest BCUT2D eigenvalue weighted by molar-refractivity contribution is 0.228. The van der Waals surface area contributed by atoms with E-state index in [1.165, 1.54) is 18.8 Å². The predicted octanol–water partition coefficient (Wildman–Crippen LogP) is 0.0967. The number of rotatable bonds is 3. The molecule has 1 aliphatic heterocycles. The smallest absolute Gasteiger partial charge is 0.0539 e. The maximum atomic E-state index is 4.27. The summed E-state index contributed by atoms with van der Waals surface area (Å²) in [6, 6.07) is 2.05. The zero-order chi connectivity index (χ0) is 9.80. The predicted molar refractivity (Wildman–Crippen MR) is 56.3 cm³/mol. The Labute approximate surface area is 84.9 Å². The molecule has 14 heavy (non-hydrogen) atoms. The molecular formula is C10H18N4. The maximum Gasteiger partial charge on any atom is 0.0539 e. The van der Waals surface area contributed by atoms with Gasteiger partial charge in [-0.1, -0.05) is 0 Å². The van der Waals surface area contributed by atoms with Crippen LogP contribution in [0.1, 0.15) is 5.69 Å². The second-order valence-electron chi connectivity index (χ2n) is 3.79. The Hall–Kier alpha value is -0.870. The van der Waals surface area contributed by atoms with Crippen LogP contribution in [0.2, 0.25) is 0 Å². The van der Waals surface area contributed by atoms with Crippen molar-refractivity contribution in [2.24, 2.45) is 0 Å². The minimum atomic E-state index is 1.01. The summed E-state index contributed by atoms with van der Waals surface area (Å²) in [5.41, 5.74) is 1.25. The highest BCUT2D eigenvalue weighted by Gasteiger charge is 2.09. The third-order valence-corrected chi connectivity index (χ3v) is 2.77. The van der Waals surface area contributed by atoms with Crippen LogP contribution in [-0.4, -0.2) is 47.4 Å². The average molecular weight is 194 g/mol. The molecule has 4 nitrogen and oxygen atoms in total. The van der Waals surface area contributed by atoms with Crippen molar-refractivity contribution in [1.29, 1.82) is 0 Å². The number of hydrogen-bond acceptors (Lipinski definition) is 3. The van der Waals surface area contributed by atoms with Crippen LogP contribution in [0.5, 0.6) is 0 Å². The highest BCUT2D eigenvalue weighted by Crippen LogP contribution is 1.98. The summed E-state index contributed by atoms with van der Waals surface area (Å²) in [7, 11) is 0. The molecule has 1 aliphatic rings. The summed E-state index contributed by atoms with van der Waals surface area (Å²) in [5.74, 6) is 0. The van der Waals surface area contributed by atoms with Crippen LogP contribution in [0, 0.1) is 6.92 Å². The van der Waals surface area contributed by atoms with Gasteiger partial charge in [0.1, 0.15) is 0 Å². The number of hydrogen-bond donors (Lipinski definition) is 1. The van der Waals surface area contributed by atoms with Crippen LogP contribution in [0.15, 0.2) is 12.3 Å². The molecule has 0 amide bonds. The second-order valence-corrected chi connectivity index (χ2v) is 3.79. The molecule has 0 radical (unpaired) electrons. The minimum Gasteiger partial charge on any atom is -0.314 e. The standard InChI is InChI=1S/C10H18N4/c1-10-2-3-12-14(10)9-8-13-6-4-11-5-7-13/h2-3,11H,4-9H2,1H3. The van der Waals surface area contributed by atoms with E-state index in [-0.39, 0.29) is 0 Å². The fourth-order valence-electron chi connectivity index (χ4n) is 1.80. The van der Waals surface area contributed by atoms with Gasteiger partial charge in [0, 0.05) is 44.6 Å². The van der Waals surface area contributed by atoms with Crippen LogP contribution in [0.25, 0.3) is 0 Å². The third-order valence-electron chi connectivity index (χ3n) is 2.77. The Morgan fingerprint density at radius 1 is 1.36 bits per heavy atom. The van der Waals surface area contributed by atoms with Crippen molar-refractivity contribution in [3.05, 3.63) is 18.0 Å². The number of aryl methyl sites for hydroxylation is 1. The quantitative estimate of drug-likeness (QED) is 0.740. The maximum absolute atomic E-state index is 4.27. The first kappa shape index (κ1) is 9.68. The Morgan fingerprint density at radius 2 is 2.14 bits per heavy atom. The van der Waals surface area contributed by atoms with E-state index in [1.807, 2.05) is 6.20 Å². The molecule has 0 saturated carbocycles. The normalized spacial score (nSPS) is 18.6. The van der Waals surface area contributed by atoms with Crippen molar-refractivity contribution in [1.82, 2.24) is 20.0 Å². The number of nitrogens with zero attached hydrogens (tertiary/aromatic N) is 3. The first-order valence-electron chi connectivity index (χ1n) is 5.28. The highest BCUT2D eigenvalue weighted by atomic mass is 15.3. The molecule has 0 bridgehead atoms. The van der Waals surface area contributed by atoms with Crippen molar-refractivity contribution in [2.75, 3.05) is 32.7 Å². The molecule has 0 aromatic carbocycles. The van der Waals surface area contributed by atoms with E-state index < -0.39 is 0 Å². The average Bonchev–Trinajstić information content (AvgIpc) is 2.63. The Bertz CT molecular complexity index is 275. The fourth-order valence-corrected chi connectivity index (χ4v) is 1.80. The monoisotopic (exact) mass is 194 g/mol. The molecule has 0 aliphatic carbocycles. The molecule has 1 saturated heterocycles. The van der Waals surface area contributed by atoms with Gasteiger partial charge in [-0.25, -0.2) is 0 Å². The van der Waals surface area contributed by atoms with E-state index in [0.29, 0.717) is 0 Å². The molecular weight excluding hydrogens is 176 g/mol. The lowest BCUT2D eigenvalue weighted by atomic mass is 10.3. The lowest BCUT2D eigenvalue weighted by Gasteiger charge is -2.27. The van der Waals surface area contributed by atoms with E-state index in [0.717, 1.165) is 26.2 Å². The first-order chi connectivity index (χ1) is 6.86. The molecule has 1 fully saturated rings. The Balaban J connectivity index is 1.79. The van der Waals surface area contributed by atoms with Crippen LogP contribution in [0.3, 0.4) is 0 Å². The summed E-state index contributed by atoms with van der Waals surface area (Å²) in [5, 5.41) is 7.63. The van der Waals surface area contributed by atoms with Gasteiger partial charge in [0.05, 0.1) is 6.54 Å². The molecule has 0 unspecified atom stereocenters. The summed E-state index contributed by atoms with van der Waals surface area (Å²) < 4.78 is 2.07. The van der Waals surface area contributed by atoms with Crippen molar-refractivity contribution in [2.45, 2.75) is 13.5 Å². The van der Waals surface area contributed by atoms with Gasteiger partial charge in [-0.2, -0.15) is 5.10 Å². The van der Waals surface area contributed by atoms with Gasteiger partial charge in [0.15, 0.2) is 0 Å². The van der Waals surface area contributed by atoms with Gasteiger partial charge >= 0.3 is 0 Å². The lowest BCUT2D eigenvalue weighted by Crippen LogP contribution is -2.44. The van der Waals surface area contributed by atoms with Crippen LogP contribution < -0.4 is 5.32 Å².